The van der Waals surface area contributed by atoms with Gasteiger partial charge in [0.1, 0.15) is 6.54 Å². The molecule has 0 radical (unpaired) electrons. The van der Waals surface area contributed by atoms with Crippen LogP contribution in [-0.4, -0.2) is 15.6 Å². The summed E-state index contributed by atoms with van der Waals surface area (Å²) in [7, 11) is 0. The third-order valence-corrected chi connectivity index (χ3v) is 2.57. The number of nitrogens with zero attached hydrogens (tertiary/aromatic N) is 1. The van der Waals surface area contributed by atoms with Crippen LogP contribution in [0.15, 0.2) is 9.59 Å². The Hall–Kier alpha value is -1.65. The van der Waals surface area contributed by atoms with Crippen LogP contribution in [0, 0.1) is 13.8 Å². The third kappa shape index (κ3) is 2.48. The summed E-state index contributed by atoms with van der Waals surface area (Å²) in [6, 6.07) is 0. The van der Waals surface area contributed by atoms with E-state index in [1.807, 2.05) is 6.92 Å². The molecule has 1 heterocycles. The van der Waals surface area contributed by atoms with Crippen LogP contribution in [0.2, 0.25) is 0 Å². The van der Waals surface area contributed by atoms with E-state index in [1.54, 1.807) is 13.8 Å². The van der Waals surface area contributed by atoms with Gasteiger partial charge in [0, 0.05) is 17.5 Å². The second kappa shape index (κ2) is 4.92. The summed E-state index contributed by atoms with van der Waals surface area (Å²) in [6.07, 6.45) is 1.16. The molecular formula is C11H16N2O3. The minimum absolute atomic E-state index is 0.0523. The van der Waals surface area contributed by atoms with E-state index < -0.39 is 0 Å². The number of aromatic nitrogens is 2. The van der Waals surface area contributed by atoms with Crippen LogP contribution < -0.4 is 11.1 Å². The fourth-order valence-corrected chi connectivity index (χ4v) is 1.44. The van der Waals surface area contributed by atoms with Gasteiger partial charge in [-0.25, -0.2) is 4.68 Å². The van der Waals surface area contributed by atoms with E-state index in [0.29, 0.717) is 17.5 Å². The van der Waals surface area contributed by atoms with Gasteiger partial charge in [-0.05, 0) is 20.3 Å². The van der Waals surface area contributed by atoms with Crippen LogP contribution in [-0.2, 0) is 11.3 Å². The average molecular weight is 224 g/mol. The molecule has 0 saturated heterocycles. The highest BCUT2D eigenvalue weighted by molar-refractivity contribution is 5.77. The number of ketones is 1. The van der Waals surface area contributed by atoms with Crippen LogP contribution >= 0.6 is 0 Å². The molecule has 5 nitrogen and oxygen atoms in total. The van der Waals surface area contributed by atoms with Gasteiger partial charge in [-0.2, -0.15) is 0 Å². The maximum atomic E-state index is 11.7. The summed E-state index contributed by atoms with van der Waals surface area (Å²) in [5, 5.41) is 2.40. The number of carbonyl (C=O) groups excluding carboxylic acids is 1. The fraction of sp³-hybridized carbons (Fsp3) is 0.545. The molecule has 0 atom stereocenters. The zero-order valence-corrected chi connectivity index (χ0v) is 9.79. The molecular weight excluding hydrogens is 208 g/mol. The second-order valence-electron chi connectivity index (χ2n) is 3.87. The average Bonchev–Trinajstić information content (AvgIpc) is 2.23. The van der Waals surface area contributed by atoms with Gasteiger partial charge in [-0.3, -0.25) is 19.5 Å². The summed E-state index contributed by atoms with van der Waals surface area (Å²) in [5.74, 6) is -0.0523. The first-order chi connectivity index (χ1) is 7.47. The zero-order chi connectivity index (χ0) is 12.3. The Bertz CT molecular complexity index is 511. The normalized spacial score (nSPS) is 10.4. The van der Waals surface area contributed by atoms with E-state index in [-0.39, 0.29) is 23.4 Å². The molecule has 0 aliphatic heterocycles. The van der Waals surface area contributed by atoms with Gasteiger partial charge in [-0.15, -0.1) is 0 Å². The lowest BCUT2D eigenvalue weighted by Gasteiger charge is -2.06. The Kier molecular flexibility index (Phi) is 3.82. The number of carbonyl (C=O) groups is 1. The third-order valence-electron chi connectivity index (χ3n) is 2.57. The number of Topliss-reactive ketones (excluding diaryl/α,β-unsaturated/α-hetero) is 1. The van der Waals surface area contributed by atoms with Crippen LogP contribution in [0.4, 0.5) is 0 Å². The first-order valence-electron chi connectivity index (χ1n) is 5.29. The summed E-state index contributed by atoms with van der Waals surface area (Å²) in [4.78, 5) is 34.5. The molecule has 16 heavy (non-hydrogen) atoms. The number of nitrogens with one attached hydrogen (secondary N) is 1. The minimum Gasteiger partial charge on any atom is -0.298 e. The van der Waals surface area contributed by atoms with Crippen molar-refractivity contribution < 1.29 is 4.79 Å². The number of hydrogen-bond acceptors (Lipinski definition) is 3. The van der Waals surface area contributed by atoms with Crippen molar-refractivity contribution in [2.24, 2.45) is 0 Å². The highest BCUT2D eigenvalue weighted by Crippen LogP contribution is 1.94. The van der Waals surface area contributed by atoms with Crippen molar-refractivity contribution in [2.45, 2.75) is 40.2 Å². The number of H-pyrrole nitrogens is 1. The van der Waals surface area contributed by atoms with Gasteiger partial charge in [0.15, 0.2) is 5.78 Å². The Morgan fingerprint density at radius 2 is 1.88 bits per heavy atom. The van der Waals surface area contributed by atoms with Crippen molar-refractivity contribution in [1.29, 1.82) is 0 Å². The van der Waals surface area contributed by atoms with Crippen molar-refractivity contribution in [2.75, 3.05) is 0 Å². The minimum atomic E-state index is -0.318. The van der Waals surface area contributed by atoms with Crippen molar-refractivity contribution in [1.82, 2.24) is 9.78 Å². The fourth-order valence-electron chi connectivity index (χ4n) is 1.44. The molecule has 5 heteroatoms. The Morgan fingerprint density at radius 1 is 1.25 bits per heavy atom. The Morgan fingerprint density at radius 3 is 2.44 bits per heavy atom. The van der Waals surface area contributed by atoms with E-state index in [9.17, 15) is 14.4 Å². The molecule has 0 aromatic carbocycles. The lowest BCUT2D eigenvalue weighted by atomic mass is 10.2. The van der Waals surface area contributed by atoms with Crippen molar-refractivity contribution >= 4 is 5.78 Å². The molecule has 0 amide bonds. The van der Waals surface area contributed by atoms with Gasteiger partial charge < -0.3 is 0 Å². The van der Waals surface area contributed by atoms with Crippen molar-refractivity contribution in [3.63, 3.8) is 0 Å². The Balaban J connectivity index is 3.12. The highest BCUT2D eigenvalue weighted by atomic mass is 16.2. The molecule has 1 rings (SSSR count). The van der Waals surface area contributed by atoms with E-state index in [4.69, 9.17) is 0 Å². The van der Waals surface area contributed by atoms with E-state index >= 15 is 0 Å². The largest absolute Gasteiger partial charge is 0.298 e. The lowest BCUT2D eigenvalue weighted by Crippen LogP contribution is -2.35. The number of rotatable bonds is 4. The maximum Gasteiger partial charge on any atom is 0.268 e. The van der Waals surface area contributed by atoms with E-state index in [1.165, 1.54) is 0 Å². The number of aromatic amines is 1. The van der Waals surface area contributed by atoms with Crippen LogP contribution in [0.3, 0.4) is 0 Å². The topological polar surface area (TPSA) is 71.9 Å². The van der Waals surface area contributed by atoms with Crippen LogP contribution in [0.25, 0.3) is 0 Å². The highest BCUT2D eigenvalue weighted by Gasteiger charge is 2.09. The SMILES string of the molecule is CCCC(=O)Cn1[nH]c(=O)c(C)c(C)c1=O. The van der Waals surface area contributed by atoms with Gasteiger partial charge >= 0.3 is 0 Å². The van der Waals surface area contributed by atoms with Gasteiger partial charge in [-0.1, -0.05) is 6.92 Å². The first-order valence-corrected chi connectivity index (χ1v) is 5.29. The standard InChI is InChI=1S/C11H16N2O3/c1-4-5-9(14)6-13-11(16)8(3)7(2)10(15)12-13/h4-6H2,1-3H3,(H,12,15). The predicted molar refractivity (Wildman–Crippen MR) is 60.7 cm³/mol. The molecule has 0 aliphatic rings. The molecule has 1 aromatic heterocycles. The smallest absolute Gasteiger partial charge is 0.268 e. The van der Waals surface area contributed by atoms with Gasteiger partial charge in [0.25, 0.3) is 11.1 Å². The van der Waals surface area contributed by atoms with Crippen LogP contribution in [0.1, 0.15) is 30.9 Å². The molecule has 0 aliphatic carbocycles. The summed E-state index contributed by atoms with van der Waals surface area (Å²) in [6.45, 7) is 5.02. The molecule has 1 aromatic rings. The molecule has 0 unspecified atom stereocenters. The predicted octanol–water partition coefficient (Wildman–Crippen LogP) is 0.523. The monoisotopic (exact) mass is 224 g/mol. The molecule has 0 bridgehead atoms. The maximum absolute atomic E-state index is 11.7. The lowest BCUT2D eigenvalue weighted by molar-refractivity contribution is -0.119. The molecule has 0 saturated carbocycles. The quantitative estimate of drug-likeness (QED) is 0.810. The van der Waals surface area contributed by atoms with E-state index in [0.717, 1.165) is 11.1 Å². The molecule has 0 spiro atoms. The second-order valence-corrected chi connectivity index (χ2v) is 3.87. The summed E-state index contributed by atoms with van der Waals surface area (Å²) < 4.78 is 1.09. The summed E-state index contributed by atoms with van der Waals surface area (Å²) in [5.41, 5.74) is 0.181. The van der Waals surface area contributed by atoms with Crippen LogP contribution in [0.5, 0.6) is 0 Å². The Labute approximate surface area is 93.1 Å². The van der Waals surface area contributed by atoms with Gasteiger partial charge in [0.2, 0.25) is 0 Å². The molecule has 88 valence electrons. The molecule has 0 fully saturated rings. The number of hydrogen-bond donors (Lipinski definition) is 1. The first kappa shape index (κ1) is 12.4. The van der Waals surface area contributed by atoms with Crippen molar-refractivity contribution in [3.05, 3.63) is 31.8 Å². The molecule has 1 N–H and O–H groups in total. The van der Waals surface area contributed by atoms with Gasteiger partial charge in [0.05, 0.1) is 0 Å². The van der Waals surface area contributed by atoms with E-state index in [2.05, 4.69) is 5.10 Å². The summed E-state index contributed by atoms with van der Waals surface area (Å²) >= 11 is 0. The van der Waals surface area contributed by atoms with Crippen molar-refractivity contribution in [3.8, 4) is 0 Å². The zero-order valence-electron chi connectivity index (χ0n) is 9.79.